The summed E-state index contributed by atoms with van der Waals surface area (Å²) in [4.78, 5) is 5.57. The second-order valence-corrected chi connectivity index (χ2v) is 22.2. The molecule has 270 valence electrons. The van der Waals surface area contributed by atoms with Crippen molar-refractivity contribution >= 4 is 79.7 Å². The molecule has 0 unspecified atom stereocenters. The maximum atomic E-state index is 6.98. The lowest BCUT2D eigenvalue weighted by Crippen LogP contribution is -2.75. The molecule has 0 spiro atoms. The predicted octanol–water partition coefficient (Wildman–Crippen LogP) is 7.40. The fourth-order valence-electron chi connectivity index (χ4n) is 9.11. The van der Waals surface area contributed by atoms with Crippen molar-refractivity contribution in [2.45, 2.75) is 0 Å². The normalized spacial score (nSPS) is 11.9. The molecule has 57 heavy (non-hydrogen) atoms. The highest BCUT2D eigenvalue weighted by Gasteiger charge is 2.45. The van der Waals surface area contributed by atoms with E-state index in [4.69, 9.17) is 9.40 Å². The summed E-state index contributed by atoms with van der Waals surface area (Å²) >= 11 is 0. The van der Waals surface area contributed by atoms with Gasteiger partial charge in [-0.3, -0.25) is 0 Å². The molecule has 10 rings (SSSR count). The zero-order chi connectivity index (χ0) is 38.1. The van der Waals surface area contributed by atoms with Crippen molar-refractivity contribution in [2.24, 2.45) is 0 Å². The lowest BCUT2D eigenvalue weighted by molar-refractivity contribution is 0.670. The van der Waals surface area contributed by atoms with Gasteiger partial charge in [0.15, 0.2) is 21.7 Å². The SMILES string of the molecule is c1ccc([Si](c2ccccc2)(c2ccccc2)c2cccc(-c3cc([Si](c4ccccc4)(c4ccccc4)c4ccccc4)c4oc5ccccc5c4n3)c2)cc1. The molecule has 2 aromatic heterocycles. The fraction of sp³-hybridized carbons (Fsp3) is 0. The van der Waals surface area contributed by atoms with E-state index in [9.17, 15) is 0 Å². The van der Waals surface area contributed by atoms with Gasteiger partial charge in [0, 0.05) is 16.1 Å². The zero-order valence-electron chi connectivity index (χ0n) is 31.4. The van der Waals surface area contributed by atoms with E-state index in [2.05, 4.69) is 231 Å². The molecule has 8 aromatic carbocycles. The van der Waals surface area contributed by atoms with Gasteiger partial charge in [-0.2, -0.15) is 0 Å². The molecule has 0 atom stereocenters. The first-order valence-corrected chi connectivity index (χ1v) is 23.5. The summed E-state index contributed by atoms with van der Waals surface area (Å²) in [5.74, 6) is 0. The lowest BCUT2D eigenvalue weighted by Gasteiger charge is -2.35. The third-order valence-electron chi connectivity index (χ3n) is 11.6. The molecule has 0 N–H and O–H groups in total. The molecular formula is C53H39NOSi2. The Morgan fingerprint density at radius 2 is 0.719 bits per heavy atom. The zero-order valence-corrected chi connectivity index (χ0v) is 33.4. The van der Waals surface area contributed by atoms with Gasteiger partial charge in [-0.05, 0) is 54.5 Å². The summed E-state index contributed by atoms with van der Waals surface area (Å²) in [5, 5.41) is 11.4. The maximum Gasteiger partial charge on any atom is 0.184 e. The van der Waals surface area contributed by atoms with E-state index in [0.29, 0.717) is 0 Å². The molecule has 0 amide bonds. The van der Waals surface area contributed by atoms with Crippen LogP contribution in [0.4, 0.5) is 0 Å². The lowest BCUT2D eigenvalue weighted by atomic mass is 10.1. The van der Waals surface area contributed by atoms with Crippen LogP contribution in [0.5, 0.6) is 0 Å². The van der Waals surface area contributed by atoms with Crippen molar-refractivity contribution in [3.63, 3.8) is 0 Å². The van der Waals surface area contributed by atoms with Crippen molar-refractivity contribution < 1.29 is 4.42 Å². The molecule has 2 nitrogen and oxygen atoms in total. The number of furan rings is 1. The van der Waals surface area contributed by atoms with Gasteiger partial charge in [0.25, 0.3) is 0 Å². The number of hydrogen-bond donors (Lipinski definition) is 0. The number of rotatable bonds is 9. The van der Waals surface area contributed by atoms with Gasteiger partial charge in [-0.1, -0.05) is 218 Å². The number of hydrogen-bond acceptors (Lipinski definition) is 2. The second-order valence-electron chi connectivity index (χ2n) is 14.6. The van der Waals surface area contributed by atoms with Crippen LogP contribution in [0.15, 0.2) is 241 Å². The summed E-state index contributed by atoms with van der Waals surface area (Å²) in [5.41, 5.74) is 4.59. The van der Waals surface area contributed by atoms with E-state index in [1.165, 1.54) is 41.5 Å². The van der Waals surface area contributed by atoms with Gasteiger partial charge < -0.3 is 4.42 Å². The Kier molecular flexibility index (Phi) is 8.90. The number of benzene rings is 8. The van der Waals surface area contributed by atoms with Crippen molar-refractivity contribution in [1.29, 1.82) is 0 Å². The molecule has 0 bridgehead atoms. The quantitative estimate of drug-likeness (QED) is 0.113. The second kappa shape index (κ2) is 14.7. The van der Waals surface area contributed by atoms with Gasteiger partial charge in [0.1, 0.15) is 11.1 Å². The molecule has 2 heterocycles. The van der Waals surface area contributed by atoms with E-state index >= 15 is 0 Å². The molecule has 0 aliphatic heterocycles. The highest BCUT2D eigenvalue weighted by molar-refractivity contribution is 7.21. The van der Waals surface area contributed by atoms with Crippen molar-refractivity contribution in [1.82, 2.24) is 4.98 Å². The highest BCUT2D eigenvalue weighted by Crippen LogP contribution is 2.31. The van der Waals surface area contributed by atoms with Gasteiger partial charge in [-0.25, -0.2) is 4.98 Å². The minimum Gasteiger partial charge on any atom is -0.454 e. The number of fused-ring (bicyclic) bond motifs is 3. The van der Waals surface area contributed by atoms with Gasteiger partial charge in [-0.15, -0.1) is 0 Å². The van der Waals surface area contributed by atoms with Crippen LogP contribution in [0.25, 0.3) is 33.3 Å². The van der Waals surface area contributed by atoms with Crippen LogP contribution in [-0.2, 0) is 0 Å². The Bertz CT molecular complexity index is 2740. The minimum atomic E-state index is -3.02. The molecule has 0 aliphatic rings. The molecule has 0 fully saturated rings. The first-order valence-electron chi connectivity index (χ1n) is 19.5. The van der Waals surface area contributed by atoms with Crippen LogP contribution in [0.3, 0.4) is 0 Å². The third-order valence-corrected chi connectivity index (χ3v) is 21.1. The first-order chi connectivity index (χ1) is 28.3. The van der Waals surface area contributed by atoms with Crippen LogP contribution >= 0.6 is 0 Å². The fourth-order valence-corrected chi connectivity index (χ4v) is 18.8. The van der Waals surface area contributed by atoms with E-state index in [1.54, 1.807) is 0 Å². The summed E-state index contributed by atoms with van der Waals surface area (Å²) < 4.78 is 6.98. The molecule has 4 heteroatoms. The summed E-state index contributed by atoms with van der Waals surface area (Å²) in [6, 6.07) is 86.5. The van der Waals surface area contributed by atoms with Crippen LogP contribution in [0, 0.1) is 0 Å². The molecule has 0 saturated carbocycles. The van der Waals surface area contributed by atoms with Crippen molar-refractivity contribution in [3.8, 4) is 11.3 Å². The number of aromatic nitrogens is 1. The number of para-hydroxylation sites is 1. The van der Waals surface area contributed by atoms with Crippen molar-refractivity contribution in [3.05, 3.63) is 237 Å². The first kappa shape index (κ1) is 34.6. The Morgan fingerprint density at radius 1 is 0.333 bits per heavy atom. The van der Waals surface area contributed by atoms with E-state index in [-0.39, 0.29) is 0 Å². The summed E-state index contributed by atoms with van der Waals surface area (Å²) in [7, 11) is -5.82. The van der Waals surface area contributed by atoms with E-state index < -0.39 is 16.1 Å². The largest absolute Gasteiger partial charge is 0.454 e. The molecule has 10 aromatic rings. The molecule has 0 aliphatic carbocycles. The van der Waals surface area contributed by atoms with E-state index in [0.717, 1.165) is 33.3 Å². The number of pyridine rings is 1. The Morgan fingerprint density at radius 3 is 1.18 bits per heavy atom. The third kappa shape index (κ3) is 5.72. The smallest absolute Gasteiger partial charge is 0.184 e. The van der Waals surface area contributed by atoms with Crippen LogP contribution < -0.4 is 41.5 Å². The monoisotopic (exact) mass is 761 g/mol. The summed E-state index contributed by atoms with van der Waals surface area (Å²) in [6.45, 7) is 0. The minimum absolute atomic E-state index is 0.841. The van der Waals surface area contributed by atoms with Gasteiger partial charge in [0.05, 0.1) is 5.69 Å². The molecular weight excluding hydrogens is 723 g/mol. The van der Waals surface area contributed by atoms with Gasteiger partial charge >= 0.3 is 0 Å². The van der Waals surface area contributed by atoms with Gasteiger partial charge in [0.2, 0.25) is 0 Å². The maximum absolute atomic E-state index is 6.98. The standard InChI is InChI=1S/C53H39NOSi2/c1-7-23-41(24-8-1)56(42-25-9-2-10-26-42,43-27-11-3-12-28-43)47-35-21-22-40(38-47)49-39-51(53-52(54-49)48-36-19-20-37-50(48)55-53)57(44-29-13-4-14-30-44,45-31-15-5-16-32-45)46-33-17-6-18-34-46/h1-39H. The number of nitrogens with zero attached hydrogens (tertiary/aromatic N) is 1. The Labute approximate surface area is 335 Å². The highest BCUT2D eigenvalue weighted by atomic mass is 28.3. The predicted molar refractivity (Wildman–Crippen MR) is 244 cm³/mol. The molecule has 0 radical (unpaired) electrons. The topological polar surface area (TPSA) is 26.0 Å². The summed E-state index contributed by atoms with van der Waals surface area (Å²) in [6.07, 6.45) is 0. The Hall–Kier alpha value is -6.86. The van der Waals surface area contributed by atoms with Crippen LogP contribution in [0.2, 0.25) is 0 Å². The van der Waals surface area contributed by atoms with Crippen LogP contribution in [0.1, 0.15) is 0 Å². The van der Waals surface area contributed by atoms with Crippen molar-refractivity contribution in [2.75, 3.05) is 0 Å². The van der Waals surface area contributed by atoms with E-state index in [1.807, 2.05) is 6.07 Å². The Balaban J connectivity index is 1.32. The average molecular weight is 762 g/mol. The molecule has 0 saturated heterocycles. The van der Waals surface area contributed by atoms with Crippen LogP contribution in [-0.4, -0.2) is 21.1 Å². The average Bonchev–Trinajstić information content (AvgIpc) is 3.68.